The lowest BCUT2D eigenvalue weighted by Gasteiger charge is -2.26. The first-order chi connectivity index (χ1) is 8.25. The van der Waals surface area contributed by atoms with E-state index >= 15 is 0 Å². The number of anilines is 1. The lowest BCUT2D eigenvalue weighted by molar-refractivity contribution is 0.979. The number of nitrogens with zero attached hydrogens (tertiary/aromatic N) is 1. The van der Waals surface area contributed by atoms with Crippen molar-refractivity contribution in [1.82, 2.24) is 0 Å². The van der Waals surface area contributed by atoms with Crippen LogP contribution >= 0.6 is 22.6 Å². The molecule has 0 radical (unpaired) electrons. The largest absolute Gasteiger partial charge is 0.344 e. The highest BCUT2D eigenvalue weighted by Crippen LogP contribution is 2.34. The zero-order valence-electron chi connectivity index (χ0n) is 9.73. The van der Waals surface area contributed by atoms with Gasteiger partial charge in [0, 0.05) is 22.4 Å². The summed E-state index contributed by atoms with van der Waals surface area (Å²) in [6.07, 6.45) is 10.2. The lowest BCUT2D eigenvalue weighted by atomic mass is 10.0. The molecule has 0 N–H and O–H groups in total. The van der Waals surface area contributed by atoms with E-state index in [4.69, 9.17) is 0 Å². The number of likely N-dealkylation sites (N-methyl/N-ethyl adjacent to an activating group) is 1. The average Bonchev–Trinajstić information content (AvgIpc) is 2.48. The molecule has 0 saturated heterocycles. The quantitative estimate of drug-likeness (QED) is 0.508. The van der Waals surface area contributed by atoms with Gasteiger partial charge in [0.15, 0.2) is 0 Å². The molecule has 0 aromatic heterocycles. The minimum Gasteiger partial charge on any atom is -0.344 e. The van der Waals surface area contributed by atoms with Crippen molar-refractivity contribution < 1.29 is 0 Å². The van der Waals surface area contributed by atoms with Gasteiger partial charge in [-0.05, 0) is 29.7 Å². The highest BCUT2D eigenvalue weighted by Gasteiger charge is 2.19. The van der Waals surface area contributed by atoms with Crippen molar-refractivity contribution in [3.05, 3.63) is 59.3 Å². The van der Waals surface area contributed by atoms with Gasteiger partial charge >= 0.3 is 0 Å². The maximum absolute atomic E-state index is 2.49. The van der Waals surface area contributed by atoms with Crippen LogP contribution in [0.1, 0.15) is 12.0 Å². The minimum absolute atomic E-state index is 0.616. The van der Waals surface area contributed by atoms with E-state index in [0.717, 1.165) is 6.42 Å². The molecule has 17 heavy (non-hydrogen) atoms. The normalized spacial score (nSPS) is 22.2. The topological polar surface area (TPSA) is 3.24 Å². The number of hydrogen-bond acceptors (Lipinski definition) is 1. The molecule has 2 heteroatoms. The first kappa shape index (κ1) is 11.1. The van der Waals surface area contributed by atoms with Gasteiger partial charge in [0.25, 0.3) is 0 Å². The third-order valence-corrected chi connectivity index (χ3v) is 4.19. The molecule has 0 spiro atoms. The zero-order valence-corrected chi connectivity index (χ0v) is 11.9. The van der Waals surface area contributed by atoms with Gasteiger partial charge in [0.2, 0.25) is 0 Å². The van der Waals surface area contributed by atoms with Gasteiger partial charge in [-0.25, -0.2) is 0 Å². The lowest BCUT2D eigenvalue weighted by Crippen LogP contribution is -2.19. The summed E-state index contributed by atoms with van der Waals surface area (Å²) in [5.41, 5.74) is 5.35. The number of hydrogen-bond donors (Lipinski definition) is 0. The molecule has 1 unspecified atom stereocenters. The van der Waals surface area contributed by atoms with E-state index in [0.29, 0.717) is 3.92 Å². The van der Waals surface area contributed by atoms with E-state index < -0.39 is 0 Å². The summed E-state index contributed by atoms with van der Waals surface area (Å²) < 4.78 is 0.616. The minimum atomic E-state index is 0.616. The van der Waals surface area contributed by atoms with Crippen LogP contribution in [0.5, 0.6) is 0 Å². The second-order valence-electron chi connectivity index (χ2n) is 4.44. The number of benzene rings is 1. The standard InChI is InChI=1S/C15H14IN/c1-17-14-5-3-2-4-11(14)6-7-12-10-13(16)8-9-15(12)17/h2-9,13H,10H2,1H3. The molecule has 0 fully saturated rings. The first-order valence-corrected chi connectivity index (χ1v) is 7.06. The molecule has 1 aromatic rings. The molecule has 1 heterocycles. The number of rotatable bonds is 0. The summed E-state index contributed by atoms with van der Waals surface area (Å²) in [5.74, 6) is 0. The third kappa shape index (κ3) is 1.95. The molecule has 1 aromatic carbocycles. The zero-order chi connectivity index (χ0) is 11.8. The van der Waals surface area contributed by atoms with Crippen LogP contribution in [0.2, 0.25) is 0 Å². The van der Waals surface area contributed by atoms with Crippen molar-refractivity contribution in [3.63, 3.8) is 0 Å². The Balaban J connectivity index is 2.12. The average molecular weight is 335 g/mol. The van der Waals surface area contributed by atoms with Crippen LogP contribution in [0.15, 0.2) is 53.8 Å². The Labute approximate surface area is 116 Å². The van der Waals surface area contributed by atoms with Crippen LogP contribution in [0.3, 0.4) is 0 Å². The summed E-state index contributed by atoms with van der Waals surface area (Å²) in [7, 11) is 2.15. The van der Waals surface area contributed by atoms with Gasteiger partial charge < -0.3 is 4.90 Å². The molecule has 1 nitrogen and oxygen atoms in total. The summed E-state index contributed by atoms with van der Waals surface area (Å²) in [4.78, 5) is 2.30. The van der Waals surface area contributed by atoms with Gasteiger partial charge in [0.05, 0.1) is 0 Å². The van der Waals surface area contributed by atoms with Crippen molar-refractivity contribution in [2.75, 3.05) is 11.9 Å². The summed E-state index contributed by atoms with van der Waals surface area (Å²) in [5, 5.41) is 0. The van der Waals surface area contributed by atoms with Crippen LogP contribution < -0.4 is 4.90 Å². The summed E-state index contributed by atoms with van der Waals surface area (Å²) in [6.45, 7) is 0. The van der Waals surface area contributed by atoms with Crippen molar-refractivity contribution in [1.29, 1.82) is 0 Å². The van der Waals surface area contributed by atoms with E-state index in [1.54, 1.807) is 0 Å². The van der Waals surface area contributed by atoms with E-state index in [9.17, 15) is 0 Å². The highest BCUT2D eigenvalue weighted by molar-refractivity contribution is 14.1. The predicted octanol–water partition coefficient (Wildman–Crippen LogP) is 4.17. The van der Waals surface area contributed by atoms with Gasteiger partial charge in [0.1, 0.15) is 0 Å². The molecular weight excluding hydrogens is 321 g/mol. The van der Waals surface area contributed by atoms with Crippen molar-refractivity contribution >= 4 is 34.4 Å². The fourth-order valence-corrected chi connectivity index (χ4v) is 3.10. The summed E-state index contributed by atoms with van der Waals surface area (Å²) >= 11 is 2.49. The SMILES string of the molecule is CN1C2=C(C=Cc3ccccc31)CC(I)C=C2. The maximum atomic E-state index is 2.49. The monoisotopic (exact) mass is 335 g/mol. The molecular formula is C15H14IN. The number of para-hydroxylation sites is 1. The maximum Gasteiger partial charge on any atom is 0.0481 e. The van der Waals surface area contributed by atoms with Gasteiger partial charge in [-0.3, -0.25) is 0 Å². The van der Waals surface area contributed by atoms with Crippen LogP contribution in [-0.2, 0) is 0 Å². The summed E-state index contributed by atoms with van der Waals surface area (Å²) in [6, 6.07) is 8.55. The van der Waals surface area contributed by atoms with Crippen molar-refractivity contribution in [2.24, 2.45) is 0 Å². The second kappa shape index (κ2) is 4.33. The molecule has 3 rings (SSSR count). The fraction of sp³-hybridized carbons (Fsp3) is 0.200. The Bertz CT molecular complexity index is 540. The number of allylic oxidation sites excluding steroid dienone is 4. The van der Waals surface area contributed by atoms with E-state index in [2.05, 4.69) is 83.1 Å². The van der Waals surface area contributed by atoms with Crippen LogP contribution in [0.4, 0.5) is 5.69 Å². The molecule has 1 atom stereocenters. The Morgan fingerprint density at radius 1 is 1.18 bits per heavy atom. The highest BCUT2D eigenvalue weighted by atomic mass is 127. The number of halogens is 1. The smallest absolute Gasteiger partial charge is 0.0481 e. The van der Waals surface area contributed by atoms with E-state index in [1.807, 2.05) is 0 Å². The first-order valence-electron chi connectivity index (χ1n) is 5.82. The van der Waals surface area contributed by atoms with Gasteiger partial charge in [-0.2, -0.15) is 0 Å². The number of fused-ring (bicyclic) bond motifs is 1. The Morgan fingerprint density at radius 2 is 2.00 bits per heavy atom. The predicted molar refractivity (Wildman–Crippen MR) is 82.5 cm³/mol. The fourth-order valence-electron chi connectivity index (χ4n) is 2.42. The van der Waals surface area contributed by atoms with E-state index in [1.165, 1.54) is 22.5 Å². The molecule has 86 valence electrons. The van der Waals surface area contributed by atoms with Crippen LogP contribution in [0.25, 0.3) is 6.08 Å². The number of alkyl halides is 1. The Hall–Kier alpha value is -1.03. The second-order valence-corrected chi connectivity index (χ2v) is 6.04. The van der Waals surface area contributed by atoms with Crippen molar-refractivity contribution in [3.8, 4) is 0 Å². The van der Waals surface area contributed by atoms with Crippen molar-refractivity contribution in [2.45, 2.75) is 10.3 Å². The van der Waals surface area contributed by atoms with Gasteiger partial charge in [-0.15, -0.1) is 0 Å². The van der Waals surface area contributed by atoms with Gasteiger partial charge in [-0.1, -0.05) is 59.0 Å². The Morgan fingerprint density at radius 3 is 2.88 bits per heavy atom. The third-order valence-electron chi connectivity index (χ3n) is 3.33. The molecule has 0 bridgehead atoms. The molecule has 1 aliphatic carbocycles. The Kier molecular flexibility index (Phi) is 2.82. The molecule has 1 aliphatic heterocycles. The van der Waals surface area contributed by atoms with Crippen LogP contribution in [0, 0.1) is 0 Å². The van der Waals surface area contributed by atoms with E-state index in [-0.39, 0.29) is 0 Å². The van der Waals surface area contributed by atoms with Crippen LogP contribution in [-0.4, -0.2) is 11.0 Å². The molecule has 2 aliphatic rings. The molecule has 0 saturated carbocycles. The molecule has 0 amide bonds.